The fourth-order valence-electron chi connectivity index (χ4n) is 1.85. The molecular weight excluding hydrogens is 226 g/mol. The summed E-state index contributed by atoms with van der Waals surface area (Å²) >= 11 is 0. The number of unbranched alkanes of at least 4 members (excludes halogenated alkanes) is 2. The monoisotopic (exact) mass is 257 g/mol. The van der Waals surface area contributed by atoms with Crippen molar-refractivity contribution in [2.24, 2.45) is 5.73 Å². The number of hydrogen-bond acceptors (Lipinski definition) is 3. The summed E-state index contributed by atoms with van der Waals surface area (Å²) in [4.78, 5) is 13.9. The second kappa shape index (κ2) is 9.34. The van der Waals surface area contributed by atoms with Crippen LogP contribution >= 0.6 is 0 Å². The lowest BCUT2D eigenvalue weighted by Gasteiger charge is -2.29. The van der Waals surface area contributed by atoms with Gasteiger partial charge in [-0.2, -0.15) is 0 Å². The summed E-state index contributed by atoms with van der Waals surface area (Å²) in [5.74, 6) is -0.268. The van der Waals surface area contributed by atoms with Gasteiger partial charge in [-0.15, -0.1) is 0 Å². The Labute approximate surface area is 112 Å². The van der Waals surface area contributed by atoms with Crippen LogP contribution in [0.3, 0.4) is 0 Å². The molecule has 1 atom stereocenters. The lowest BCUT2D eigenvalue weighted by atomic mass is 9.97. The molecule has 0 radical (unpaired) electrons. The molecule has 0 rings (SSSR count). The van der Waals surface area contributed by atoms with Gasteiger partial charge in [0.25, 0.3) is 0 Å². The maximum atomic E-state index is 11.4. The quantitative estimate of drug-likeness (QED) is 0.593. The van der Waals surface area contributed by atoms with Gasteiger partial charge in [0, 0.05) is 6.54 Å². The lowest BCUT2D eigenvalue weighted by Crippen LogP contribution is -2.53. The van der Waals surface area contributed by atoms with E-state index in [9.17, 15) is 4.79 Å². The van der Waals surface area contributed by atoms with E-state index in [1.807, 2.05) is 6.92 Å². The van der Waals surface area contributed by atoms with Crippen LogP contribution in [-0.4, -0.2) is 43.0 Å². The van der Waals surface area contributed by atoms with E-state index in [2.05, 4.69) is 24.1 Å². The van der Waals surface area contributed by atoms with E-state index in [-0.39, 0.29) is 5.91 Å². The molecule has 0 saturated carbocycles. The van der Waals surface area contributed by atoms with Gasteiger partial charge in [-0.25, -0.2) is 0 Å². The molecule has 0 aromatic carbocycles. The highest BCUT2D eigenvalue weighted by molar-refractivity contribution is 5.84. The van der Waals surface area contributed by atoms with Crippen molar-refractivity contribution in [2.75, 3.05) is 26.7 Å². The Hall–Kier alpha value is -0.610. The van der Waals surface area contributed by atoms with Crippen LogP contribution in [0.1, 0.15) is 52.9 Å². The van der Waals surface area contributed by atoms with Crippen molar-refractivity contribution in [3.63, 3.8) is 0 Å². The predicted molar refractivity (Wildman–Crippen MR) is 77.5 cm³/mol. The molecule has 3 N–H and O–H groups in total. The predicted octanol–water partition coefficient (Wildman–Crippen LogP) is 1.74. The summed E-state index contributed by atoms with van der Waals surface area (Å²) in [6.45, 7) is 9.47. The first-order chi connectivity index (χ1) is 8.50. The lowest BCUT2D eigenvalue weighted by molar-refractivity contribution is -0.124. The number of nitrogens with two attached hydrogens (primary N) is 1. The minimum absolute atomic E-state index is 0.268. The van der Waals surface area contributed by atoms with Gasteiger partial charge in [0.05, 0.1) is 5.54 Å². The summed E-state index contributed by atoms with van der Waals surface area (Å²) in [6.07, 6.45) is 5.63. The Bertz CT molecular complexity index is 225. The van der Waals surface area contributed by atoms with Crippen LogP contribution in [0, 0.1) is 0 Å². The minimum Gasteiger partial charge on any atom is -0.368 e. The van der Waals surface area contributed by atoms with Gasteiger partial charge in [0.15, 0.2) is 0 Å². The molecule has 1 unspecified atom stereocenters. The second-order valence-corrected chi connectivity index (χ2v) is 5.25. The van der Waals surface area contributed by atoms with Crippen molar-refractivity contribution in [3.8, 4) is 0 Å². The van der Waals surface area contributed by atoms with Crippen molar-refractivity contribution >= 4 is 5.91 Å². The van der Waals surface area contributed by atoms with Crippen molar-refractivity contribution in [1.82, 2.24) is 10.2 Å². The Balaban J connectivity index is 4.25. The molecule has 1 amide bonds. The molecule has 0 aliphatic carbocycles. The topological polar surface area (TPSA) is 58.4 Å². The van der Waals surface area contributed by atoms with E-state index >= 15 is 0 Å². The average Bonchev–Trinajstić information content (AvgIpc) is 2.37. The third-order valence-corrected chi connectivity index (χ3v) is 3.68. The Morgan fingerprint density at radius 3 is 2.00 bits per heavy atom. The highest BCUT2D eigenvalue weighted by Gasteiger charge is 2.28. The molecule has 0 bridgehead atoms. The Morgan fingerprint density at radius 2 is 1.67 bits per heavy atom. The molecule has 0 heterocycles. The summed E-state index contributed by atoms with van der Waals surface area (Å²) in [7, 11) is 1.80. The number of carbonyl (C=O) groups is 1. The van der Waals surface area contributed by atoms with Crippen molar-refractivity contribution in [2.45, 2.75) is 58.4 Å². The molecule has 0 spiro atoms. The number of carbonyl (C=O) groups excluding carboxylic acids is 1. The van der Waals surface area contributed by atoms with Gasteiger partial charge >= 0.3 is 0 Å². The average molecular weight is 257 g/mol. The smallest absolute Gasteiger partial charge is 0.237 e. The zero-order valence-corrected chi connectivity index (χ0v) is 12.6. The van der Waals surface area contributed by atoms with Crippen LogP contribution in [0.2, 0.25) is 0 Å². The van der Waals surface area contributed by atoms with Crippen LogP contribution in [0.25, 0.3) is 0 Å². The summed E-state index contributed by atoms with van der Waals surface area (Å²) in [6, 6.07) is 0. The molecule has 0 aromatic heterocycles. The zero-order valence-electron chi connectivity index (χ0n) is 12.6. The van der Waals surface area contributed by atoms with Crippen LogP contribution in [0.5, 0.6) is 0 Å². The van der Waals surface area contributed by atoms with E-state index in [1.165, 1.54) is 25.7 Å². The van der Waals surface area contributed by atoms with E-state index in [0.717, 1.165) is 26.1 Å². The number of primary amides is 1. The number of likely N-dealkylation sites (N-methyl/N-ethyl adjacent to an activating group) is 1. The molecule has 0 aliphatic heterocycles. The van der Waals surface area contributed by atoms with Crippen molar-refractivity contribution < 1.29 is 4.79 Å². The van der Waals surface area contributed by atoms with E-state index in [0.29, 0.717) is 0 Å². The molecular formula is C14H31N3O. The maximum absolute atomic E-state index is 11.4. The van der Waals surface area contributed by atoms with E-state index in [1.54, 1.807) is 7.05 Å². The van der Waals surface area contributed by atoms with E-state index < -0.39 is 5.54 Å². The van der Waals surface area contributed by atoms with Crippen molar-refractivity contribution in [3.05, 3.63) is 0 Å². The first kappa shape index (κ1) is 17.4. The normalized spacial score (nSPS) is 14.7. The molecule has 4 nitrogen and oxygen atoms in total. The zero-order chi connectivity index (χ0) is 14.0. The minimum atomic E-state index is -0.587. The third-order valence-electron chi connectivity index (χ3n) is 3.68. The fraction of sp³-hybridized carbons (Fsp3) is 0.929. The highest BCUT2D eigenvalue weighted by atomic mass is 16.1. The first-order valence-electron chi connectivity index (χ1n) is 7.21. The number of nitrogens with zero attached hydrogens (tertiary/aromatic N) is 1. The van der Waals surface area contributed by atoms with Gasteiger partial charge in [-0.1, -0.05) is 26.7 Å². The molecule has 0 aromatic rings. The van der Waals surface area contributed by atoms with Crippen LogP contribution < -0.4 is 11.1 Å². The molecule has 0 aliphatic rings. The second-order valence-electron chi connectivity index (χ2n) is 5.25. The third kappa shape index (κ3) is 6.36. The highest BCUT2D eigenvalue weighted by Crippen LogP contribution is 2.10. The number of amides is 1. The SMILES string of the molecule is CCCCN(CCCC)CCC(C)(NC)C(N)=O. The fourth-order valence-corrected chi connectivity index (χ4v) is 1.85. The maximum Gasteiger partial charge on any atom is 0.237 e. The molecule has 0 fully saturated rings. The van der Waals surface area contributed by atoms with Crippen LogP contribution in [0.4, 0.5) is 0 Å². The number of hydrogen-bond donors (Lipinski definition) is 2. The van der Waals surface area contributed by atoms with Gasteiger partial charge in [0.2, 0.25) is 5.91 Å². The van der Waals surface area contributed by atoms with Crippen molar-refractivity contribution in [1.29, 1.82) is 0 Å². The summed E-state index contributed by atoms with van der Waals surface area (Å²) in [5.41, 5.74) is 4.86. The van der Waals surface area contributed by atoms with Crippen LogP contribution in [-0.2, 0) is 4.79 Å². The van der Waals surface area contributed by atoms with Crippen LogP contribution in [0.15, 0.2) is 0 Å². The van der Waals surface area contributed by atoms with Gasteiger partial charge in [0.1, 0.15) is 0 Å². The molecule has 108 valence electrons. The van der Waals surface area contributed by atoms with Gasteiger partial charge in [-0.3, -0.25) is 4.79 Å². The number of nitrogens with one attached hydrogen (secondary N) is 1. The Morgan fingerprint density at radius 1 is 1.17 bits per heavy atom. The molecule has 0 saturated heterocycles. The largest absolute Gasteiger partial charge is 0.368 e. The standard InChI is InChI=1S/C14H31N3O/c1-5-7-10-17(11-8-6-2)12-9-14(3,16-4)13(15)18/h16H,5-12H2,1-4H3,(H2,15,18). The summed E-state index contributed by atoms with van der Waals surface area (Å²) in [5, 5.41) is 3.04. The molecule has 18 heavy (non-hydrogen) atoms. The van der Waals surface area contributed by atoms with Gasteiger partial charge < -0.3 is 16.0 Å². The molecule has 4 heteroatoms. The van der Waals surface area contributed by atoms with Gasteiger partial charge in [-0.05, 0) is 46.3 Å². The first-order valence-corrected chi connectivity index (χ1v) is 7.21. The summed E-state index contributed by atoms with van der Waals surface area (Å²) < 4.78 is 0. The number of rotatable bonds is 11. The van der Waals surface area contributed by atoms with E-state index in [4.69, 9.17) is 5.73 Å². The Kier molecular flexibility index (Phi) is 9.02.